The van der Waals surface area contributed by atoms with Gasteiger partial charge < -0.3 is 14.4 Å². The van der Waals surface area contributed by atoms with Crippen LogP contribution in [0.3, 0.4) is 0 Å². The highest BCUT2D eigenvalue weighted by molar-refractivity contribution is 6.17. The van der Waals surface area contributed by atoms with Gasteiger partial charge in [-0.2, -0.15) is 0 Å². The second-order valence-corrected chi connectivity index (χ2v) is 10.8. The molecule has 4 heterocycles. The lowest BCUT2D eigenvalue weighted by atomic mass is 9.54. The molecule has 4 atom stereocenters. The summed E-state index contributed by atoms with van der Waals surface area (Å²) >= 11 is 0. The number of piperidine rings is 2. The fourth-order valence-corrected chi connectivity index (χ4v) is 7.01. The molecule has 2 aromatic heterocycles. The Morgan fingerprint density at radius 1 is 0.725 bits per heavy atom. The van der Waals surface area contributed by atoms with Crippen molar-refractivity contribution in [1.29, 1.82) is 0 Å². The highest BCUT2D eigenvalue weighted by Gasteiger charge is 2.75. The third kappa shape index (κ3) is 3.51. The number of aromatic nitrogens is 2. The van der Waals surface area contributed by atoms with Gasteiger partial charge in [-0.3, -0.25) is 29.3 Å². The molecule has 2 bridgehead atoms. The first-order valence-electron chi connectivity index (χ1n) is 13.1. The van der Waals surface area contributed by atoms with E-state index < -0.39 is 40.6 Å². The number of hydrogen-bond acceptors (Lipinski definition) is 9. The van der Waals surface area contributed by atoms with E-state index in [2.05, 4.69) is 0 Å². The molecule has 0 radical (unpaired) electrons. The molecule has 2 aromatic carbocycles. The molecule has 4 aromatic rings. The molecular formula is C31H30N4O5. The van der Waals surface area contributed by atoms with Gasteiger partial charge in [-0.1, -0.05) is 48.5 Å². The fourth-order valence-electron chi connectivity index (χ4n) is 7.01. The molecule has 4 unspecified atom stereocenters. The third-order valence-electron chi connectivity index (χ3n) is 8.50. The summed E-state index contributed by atoms with van der Waals surface area (Å²) in [7, 11) is 6.14. The van der Waals surface area contributed by atoms with Crippen LogP contribution in [-0.2, 0) is 23.9 Å². The minimum absolute atomic E-state index is 0.0542. The maximum atomic E-state index is 14.9. The van der Waals surface area contributed by atoms with Crippen molar-refractivity contribution in [2.24, 2.45) is 10.8 Å². The molecule has 204 valence electrons. The van der Waals surface area contributed by atoms with Crippen molar-refractivity contribution in [3.05, 3.63) is 84.2 Å². The van der Waals surface area contributed by atoms with Gasteiger partial charge in [0.1, 0.15) is 0 Å². The molecule has 0 aliphatic carbocycles. The van der Waals surface area contributed by atoms with Gasteiger partial charge in [0.05, 0.1) is 48.7 Å². The number of ether oxygens (including phenoxy) is 2. The number of rotatable bonds is 4. The highest BCUT2D eigenvalue weighted by atomic mass is 16.5. The molecule has 0 amide bonds. The van der Waals surface area contributed by atoms with Crippen molar-refractivity contribution >= 4 is 39.5 Å². The van der Waals surface area contributed by atoms with Gasteiger partial charge in [-0.15, -0.1) is 0 Å². The van der Waals surface area contributed by atoms with Crippen LogP contribution in [0.1, 0.15) is 23.5 Å². The average Bonchev–Trinajstić information content (AvgIpc) is 2.97. The molecule has 2 aliphatic rings. The fraction of sp³-hybridized carbons (Fsp3) is 0.323. The lowest BCUT2D eigenvalue weighted by molar-refractivity contribution is -0.202. The number of hydrogen-bond donors (Lipinski definition) is 0. The van der Waals surface area contributed by atoms with E-state index in [0.29, 0.717) is 11.4 Å². The van der Waals surface area contributed by atoms with E-state index in [-0.39, 0.29) is 13.1 Å². The number of esters is 2. The maximum Gasteiger partial charge on any atom is 0.322 e. The van der Waals surface area contributed by atoms with E-state index in [1.807, 2.05) is 89.6 Å². The molecule has 40 heavy (non-hydrogen) atoms. The van der Waals surface area contributed by atoms with Gasteiger partial charge in [0, 0.05) is 23.9 Å². The van der Waals surface area contributed by atoms with Crippen LogP contribution < -0.4 is 0 Å². The lowest BCUT2D eigenvalue weighted by Gasteiger charge is -2.60. The van der Waals surface area contributed by atoms with Crippen molar-refractivity contribution in [3.8, 4) is 0 Å². The van der Waals surface area contributed by atoms with E-state index in [1.165, 1.54) is 14.2 Å². The summed E-state index contributed by atoms with van der Waals surface area (Å²) < 4.78 is 10.6. The first-order valence-corrected chi connectivity index (χ1v) is 13.1. The summed E-state index contributed by atoms with van der Waals surface area (Å²) in [5, 5.41) is 1.86. The molecule has 6 rings (SSSR count). The van der Waals surface area contributed by atoms with Crippen LogP contribution in [0, 0.1) is 10.8 Å². The quantitative estimate of drug-likeness (QED) is 0.286. The second-order valence-electron chi connectivity index (χ2n) is 10.8. The molecule has 9 nitrogen and oxygen atoms in total. The van der Waals surface area contributed by atoms with Crippen LogP contribution in [0.15, 0.2) is 72.8 Å². The Morgan fingerprint density at radius 2 is 1.15 bits per heavy atom. The Hall–Kier alpha value is -4.21. The molecule has 2 saturated heterocycles. The minimum Gasteiger partial charge on any atom is -0.468 e. The number of ketones is 1. The number of carbonyl (C=O) groups excluding carboxylic acids is 3. The molecular weight excluding hydrogens is 508 g/mol. The Morgan fingerprint density at radius 3 is 1.57 bits per heavy atom. The number of likely N-dealkylation sites (tertiary alicyclic amines) is 2. The maximum absolute atomic E-state index is 14.9. The molecule has 0 saturated carbocycles. The predicted molar refractivity (Wildman–Crippen MR) is 148 cm³/mol. The van der Waals surface area contributed by atoms with Gasteiger partial charge in [0.15, 0.2) is 16.6 Å². The standard InChI is InChI=1S/C31H30N4O5/c1-34-17-30(28(37)39-3)25(23-15-13-19-9-5-7-11-21(19)32-23)35(2)26(31(18-34,27(30)36)29(38)40-4)24-16-14-20-10-6-8-12-22(20)33-24/h5-16,25-26H,17-18H2,1-4H3. The first kappa shape index (κ1) is 26.0. The Balaban J connectivity index is 1.66. The summed E-state index contributed by atoms with van der Waals surface area (Å²) in [6.45, 7) is 0.108. The van der Waals surface area contributed by atoms with Gasteiger partial charge in [-0.25, -0.2) is 0 Å². The van der Waals surface area contributed by atoms with Gasteiger partial charge in [0.25, 0.3) is 0 Å². The number of pyridine rings is 2. The normalized spacial score (nSPS) is 27.1. The number of benzene rings is 2. The zero-order chi connectivity index (χ0) is 28.2. The number of para-hydroxylation sites is 2. The SMILES string of the molecule is COC(=O)C12CN(C)CC(C(=O)OC)(C1=O)C(c1ccc3ccccc3n1)N(C)C2c1ccc2ccccc2n1. The Kier molecular flexibility index (Phi) is 6.16. The molecule has 2 fully saturated rings. The minimum atomic E-state index is -1.74. The Labute approximate surface area is 231 Å². The smallest absolute Gasteiger partial charge is 0.322 e. The zero-order valence-electron chi connectivity index (χ0n) is 22.8. The van der Waals surface area contributed by atoms with Crippen LogP contribution in [0.25, 0.3) is 21.8 Å². The number of fused-ring (bicyclic) bond motifs is 4. The second kappa shape index (κ2) is 9.46. The highest BCUT2D eigenvalue weighted by Crippen LogP contribution is 2.60. The summed E-state index contributed by atoms with van der Waals surface area (Å²) in [6.07, 6.45) is 0. The van der Waals surface area contributed by atoms with Crippen LogP contribution in [0.2, 0.25) is 0 Å². The summed E-state index contributed by atoms with van der Waals surface area (Å²) in [5.41, 5.74) is -0.967. The number of methoxy groups -OCH3 is 2. The number of nitrogens with zero attached hydrogens (tertiary/aromatic N) is 4. The molecule has 0 spiro atoms. The largest absolute Gasteiger partial charge is 0.468 e. The average molecular weight is 539 g/mol. The Bertz CT molecular complexity index is 1550. The lowest BCUT2D eigenvalue weighted by Crippen LogP contribution is -2.75. The van der Waals surface area contributed by atoms with E-state index in [1.54, 1.807) is 7.05 Å². The van der Waals surface area contributed by atoms with Crippen LogP contribution >= 0.6 is 0 Å². The molecule has 2 aliphatic heterocycles. The van der Waals surface area contributed by atoms with Gasteiger partial charge in [0.2, 0.25) is 0 Å². The van der Waals surface area contributed by atoms with Crippen molar-refractivity contribution in [2.45, 2.75) is 12.1 Å². The van der Waals surface area contributed by atoms with E-state index in [0.717, 1.165) is 21.8 Å². The summed E-state index contributed by atoms with van der Waals surface area (Å²) in [6, 6.07) is 21.2. The van der Waals surface area contributed by atoms with Crippen molar-refractivity contribution in [2.75, 3.05) is 41.4 Å². The zero-order valence-corrected chi connectivity index (χ0v) is 22.8. The molecule has 9 heteroatoms. The van der Waals surface area contributed by atoms with Crippen molar-refractivity contribution in [1.82, 2.24) is 19.8 Å². The summed E-state index contributed by atoms with van der Waals surface area (Å²) in [5.74, 6) is -1.96. The van der Waals surface area contributed by atoms with Crippen molar-refractivity contribution < 1.29 is 23.9 Å². The predicted octanol–water partition coefficient (Wildman–Crippen LogP) is 3.34. The molecule has 0 N–H and O–H groups in total. The van der Waals surface area contributed by atoms with E-state index in [9.17, 15) is 14.4 Å². The topological polar surface area (TPSA) is 102 Å². The number of Topliss-reactive ketones (excluding diaryl/α,β-unsaturated/α-hetero) is 1. The van der Waals surface area contributed by atoms with E-state index in [4.69, 9.17) is 19.4 Å². The first-order chi connectivity index (χ1) is 19.3. The monoisotopic (exact) mass is 538 g/mol. The van der Waals surface area contributed by atoms with Gasteiger partial charge in [-0.05, 0) is 38.4 Å². The summed E-state index contributed by atoms with van der Waals surface area (Å²) in [4.78, 5) is 56.2. The third-order valence-corrected chi connectivity index (χ3v) is 8.50. The number of carbonyl (C=O) groups is 3. The van der Waals surface area contributed by atoms with Crippen LogP contribution in [0.4, 0.5) is 0 Å². The van der Waals surface area contributed by atoms with Gasteiger partial charge >= 0.3 is 11.9 Å². The van der Waals surface area contributed by atoms with Crippen LogP contribution in [0.5, 0.6) is 0 Å². The van der Waals surface area contributed by atoms with E-state index >= 15 is 0 Å². The van der Waals surface area contributed by atoms with Crippen molar-refractivity contribution in [3.63, 3.8) is 0 Å². The van der Waals surface area contributed by atoms with Crippen LogP contribution in [-0.4, -0.2) is 78.9 Å².